The van der Waals surface area contributed by atoms with Crippen molar-refractivity contribution in [2.45, 2.75) is 13.3 Å². The normalized spacial score (nSPS) is 11.3. The van der Waals surface area contributed by atoms with Crippen molar-refractivity contribution in [3.8, 4) is 45.3 Å². The summed E-state index contributed by atoms with van der Waals surface area (Å²) in [5.74, 6) is 1.95. The lowest BCUT2D eigenvalue weighted by Gasteiger charge is -2.13. The van der Waals surface area contributed by atoms with Gasteiger partial charge in [-0.05, 0) is 59.4 Å². The van der Waals surface area contributed by atoms with E-state index in [1.807, 2.05) is 30.3 Å². The number of aromatic nitrogens is 4. The molecule has 0 spiro atoms. The Bertz CT molecular complexity index is 2320. The predicted octanol–water partition coefficient (Wildman–Crippen LogP) is 10.1. The average Bonchev–Trinajstić information content (AvgIpc) is 3.48. The van der Waals surface area contributed by atoms with Crippen LogP contribution in [0.3, 0.4) is 0 Å². The summed E-state index contributed by atoms with van der Waals surface area (Å²) in [6, 6.07) is 50.7. The van der Waals surface area contributed by atoms with Crippen molar-refractivity contribution in [2.75, 3.05) is 0 Å². The molecule has 0 saturated carbocycles. The monoisotopic (exact) mass is 578 g/mol. The number of aryl methyl sites for hydroxylation is 1. The molecule has 214 valence electrons. The quantitative estimate of drug-likeness (QED) is 0.214. The summed E-state index contributed by atoms with van der Waals surface area (Å²) in [6.45, 7) is 2.17. The zero-order chi connectivity index (χ0) is 30.2. The van der Waals surface area contributed by atoms with Crippen LogP contribution in [0, 0.1) is 6.92 Å². The lowest BCUT2D eigenvalue weighted by atomic mass is 9.92. The summed E-state index contributed by atoms with van der Waals surface area (Å²) in [6.07, 6.45) is 0.802. The largest absolute Gasteiger partial charge is 0.354 e. The minimum absolute atomic E-state index is 0.645. The van der Waals surface area contributed by atoms with Crippen molar-refractivity contribution in [1.82, 2.24) is 19.9 Å². The highest BCUT2D eigenvalue weighted by Gasteiger charge is 2.17. The van der Waals surface area contributed by atoms with Gasteiger partial charge in [0.15, 0.2) is 17.5 Å². The van der Waals surface area contributed by atoms with Crippen LogP contribution in [-0.2, 0) is 6.42 Å². The van der Waals surface area contributed by atoms with Crippen LogP contribution in [0.2, 0.25) is 0 Å². The molecule has 4 nitrogen and oxygen atoms in total. The standard InChI is InChI=1S/C41H30N4/c1-27-13-5-7-19-32(27)33-20-8-6-17-30(33)25-28-14-11-18-31(26-28)40-43-39(29-15-3-2-4-16-29)44-41(45-40)36-23-12-22-35-34-21-9-10-24-37(34)42-38(35)36/h2-24,26,42H,25H2,1H3. The smallest absolute Gasteiger partial charge is 0.166 e. The molecule has 0 bridgehead atoms. The molecule has 0 aliphatic rings. The fourth-order valence-electron chi connectivity index (χ4n) is 6.25. The van der Waals surface area contributed by atoms with Gasteiger partial charge in [0.2, 0.25) is 0 Å². The lowest BCUT2D eigenvalue weighted by Crippen LogP contribution is -2.01. The zero-order valence-electron chi connectivity index (χ0n) is 24.9. The van der Waals surface area contributed by atoms with E-state index >= 15 is 0 Å². The number of nitrogens with zero attached hydrogens (tertiary/aromatic N) is 3. The third-order valence-electron chi connectivity index (χ3n) is 8.48. The van der Waals surface area contributed by atoms with Gasteiger partial charge in [-0.25, -0.2) is 15.0 Å². The molecule has 8 aromatic rings. The number of hydrogen-bond acceptors (Lipinski definition) is 3. The summed E-state index contributed by atoms with van der Waals surface area (Å²) in [5.41, 5.74) is 11.3. The Labute approximate surface area is 262 Å². The molecule has 0 radical (unpaired) electrons. The van der Waals surface area contributed by atoms with E-state index in [9.17, 15) is 0 Å². The molecular formula is C41H30N4. The molecular weight excluding hydrogens is 548 g/mol. The second kappa shape index (κ2) is 11.3. The lowest BCUT2D eigenvalue weighted by molar-refractivity contribution is 1.07. The first-order valence-electron chi connectivity index (χ1n) is 15.3. The molecule has 45 heavy (non-hydrogen) atoms. The van der Waals surface area contributed by atoms with E-state index in [-0.39, 0.29) is 0 Å². The van der Waals surface area contributed by atoms with Crippen molar-refractivity contribution in [3.63, 3.8) is 0 Å². The summed E-state index contributed by atoms with van der Waals surface area (Å²) < 4.78 is 0. The van der Waals surface area contributed by atoms with E-state index in [1.54, 1.807) is 0 Å². The molecule has 8 rings (SSSR count). The zero-order valence-corrected chi connectivity index (χ0v) is 24.9. The van der Waals surface area contributed by atoms with Crippen LogP contribution in [0.5, 0.6) is 0 Å². The molecule has 2 aromatic heterocycles. The van der Waals surface area contributed by atoms with Gasteiger partial charge in [0.1, 0.15) is 0 Å². The Balaban J connectivity index is 1.25. The first kappa shape index (κ1) is 26.7. The molecule has 2 heterocycles. The summed E-state index contributed by atoms with van der Waals surface area (Å²) in [7, 11) is 0. The van der Waals surface area contributed by atoms with E-state index < -0.39 is 0 Å². The number of fused-ring (bicyclic) bond motifs is 3. The maximum absolute atomic E-state index is 5.10. The highest BCUT2D eigenvalue weighted by atomic mass is 15.0. The Kier molecular flexibility index (Phi) is 6.73. The number of rotatable bonds is 6. The summed E-state index contributed by atoms with van der Waals surface area (Å²) in [5, 5.41) is 2.34. The van der Waals surface area contributed by atoms with Crippen LogP contribution in [0.25, 0.3) is 67.1 Å². The number of nitrogens with one attached hydrogen (secondary N) is 1. The molecule has 4 heteroatoms. The third kappa shape index (κ3) is 5.07. The average molecular weight is 579 g/mol. The molecule has 0 atom stereocenters. The van der Waals surface area contributed by atoms with Crippen molar-refractivity contribution in [2.24, 2.45) is 0 Å². The van der Waals surface area contributed by atoms with Crippen molar-refractivity contribution < 1.29 is 0 Å². The number of hydrogen-bond donors (Lipinski definition) is 1. The summed E-state index contributed by atoms with van der Waals surface area (Å²) in [4.78, 5) is 18.8. The van der Waals surface area contributed by atoms with Gasteiger partial charge in [-0.15, -0.1) is 0 Å². The molecule has 0 amide bonds. The fourth-order valence-corrected chi connectivity index (χ4v) is 6.25. The molecule has 0 saturated heterocycles. The molecule has 1 N–H and O–H groups in total. The number of benzene rings is 6. The Morgan fingerprint density at radius 3 is 1.98 bits per heavy atom. The minimum Gasteiger partial charge on any atom is -0.354 e. The fraction of sp³-hybridized carbons (Fsp3) is 0.0488. The Hall–Kier alpha value is -5.87. The molecule has 0 aliphatic carbocycles. The number of para-hydroxylation sites is 2. The third-order valence-corrected chi connectivity index (χ3v) is 8.48. The van der Waals surface area contributed by atoms with Crippen LogP contribution >= 0.6 is 0 Å². The van der Waals surface area contributed by atoms with Gasteiger partial charge in [0.25, 0.3) is 0 Å². The van der Waals surface area contributed by atoms with E-state index in [4.69, 9.17) is 15.0 Å². The van der Waals surface area contributed by atoms with E-state index in [0.717, 1.165) is 39.5 Å². The maximum atomic E-state index is 5.10. The van der Waals surface area contributed by atoms with E-state index in [0.29, 0.717) is 17.5 Å². The summed E-state index contributed by atoms with van der Waals surface area (Å²) >= 11 is 0. The number of H-pyrrole nitrogens is 1. The molecule has 6 aromatic carbocycles. The van der Waals surface area contributed by atoms with Crippen molar-refractivity contribution in [3.05, 3.63) is 162 Å². The topological polar surface area (TPSA) is 54.5 Å². The molecule has 0 aliphatic heterocycles. The van der Waals surface area contributed by atoms with Crippen molar-refractivity contribution >= 4 is 21.8 Å². The highest BCUT2D eigenvalue weighted by molar-refractivity contribution is 6.11. The first-order valence-corrected chi connectivity index (χ1v) is 15.3. The Morgan fingerprint density at radius 1 is 0.489 bits per heavy atom. The van der Waals surface area contributed by atoms with Gasteiger partial charge in [-0.1, -0.05) is 127 Å². The van der Waals surface area contributed by atoms with E-state index in [1.165, 1.54) is 33.2 Å². The van der Waals surface area contributed by atoms with Crippen LogP contribution in [0.15, 0.2) is 146 Å². The van der Waals surface area contributed by atoms with Crippen LogP contribution in [-0.4, -0.2) is 19.9 Å². The molecule has 0 unspecified atom stereocenters. The van der Waals surface area contributed by atoms with Crippen LogP contribution in [0.1, 0.15) is 16.7 Å². The van der Waals surface area contributed by atoms with Crippen LogP contribution in [0.4, 0.5) is 0 Å². The molecule has 0 fully saturated rings. The van der Waals surface area contributed by atoms with Crippen molar-refractivity contribution in [1.29, 1.82) is 0 Å². The van der Waals surface area contributed by atoms with Gasteiger partial charge in [0.05, 0.1) is 5.52 Å². The maximum Gasteiger partial charge on any atom is 0.166 e. The predicted molar refractivity (Wildman–Crippen MR) is 185 cm³/mol. The second-order valence-corrected chi connectivity index (χ2v) is 11.4. The number of aromatic amines is 1. The minimum atomic E-state index is 0.645. The first-order chi connectivity index (χ1) is 22.2. The highest BCUT2D eigenvalue weighted by Crippen LogP contribution is 2.34. The Morgan fingerprint density at radius 2 is 1.11 bits per heavy atom. The van der Waals surface area contributed by atoms with Gasteiger partial charge >= 0.3 is 0 Å². The van der Waals surface area contributed by atoms with Gasteiger partial charge < -0.3 is 4.98 Å². The second-order valence-electron chi connectivity index (χ2n) is 11.4. The van der Waals surface area contributed by atoms with Gasteiger partial charge in [-0.3, -0.25) is 0 Å². The van der Waals surface area contributed by atoms with Gasteiger partial charge in [-0.2, -0.15) is 0 Å². The van der Waals surface area contributed by atoms with Crippen LogP contribution < -0.4 is 0 Å². The SMILES string of the molecule is Cc1ccccc1-c1ccccc1Cc1cccc(-c2nc(-c3ccccc3)nc(-c3cccc4c3[nH]c3ccccc34)n2)c1. The van der Waals surface area contributed by atoms with E-state index in [2.05, 4.69) is 127 Å². The van der Waals surface area contributed by atoms with Gasteiger partial charge in [0, 0.05) is 33.0 Å².